The molecule has 1 aliphatic rings. The Morgan fingerprint density at radius 1 is 1.19 bits per heavy atom. The maximum atomic E-state index is 5.41. The summed E-state index contributed by atoms with van der Waals surface area (Å²) >= 11 is 1.70. The minimum atomic E-state index is 0.170. The normalized spacial score (nSPS) is 18.4. The van der Waals surface area contributed by atoms with Crippen LogP contribution >= 0.6 is 11.3 Å². The molecule has 0 aliphatic carbocycles. The number of thiazole rings is 1. The lowest BCUT2D eigenvalue weighted by atomic mass is 10.2. The van der Waals surface area contributed by atoms with Gasteiger partial charge in [0, 0.05) is 43.7 Å². The van der Waals surface area contributed by atoms with E-state index in [1.165, 1.54) is 0 Å². The number of hydrogen-bond acceptors (Lipinski definition) is 7. The standard InChI is InChI=1S/C14H21N5OS/c1-10(2)12-16-13(20-17-12)11(3)18-5-7-19(8-6-18)14-15-4-9-21-14/h4,9-11H,5-8H2,1-3H3. The van der Waals surface area contributed by atoms with Gasteiger partial charge in [-0.15, -0.1) is 11.3 Å². The van der Waals surface area contributed by atoms with Gasteiger partial charge in [0.05, 0.1) is 6.04 Å². The molecule has 6 nitrogen and oxygen atoms in total. The Hall–Kier alpha value is -1.47. The molecule has 3 rings (SSSR count). The van der Waals surface area contributed by atoms with E-state index in [4.69, 9.17) is 4.52 Å². The summed E-state index contributed by atoms with van der Waals surface area (Å²) in [7, 11) is 0. The Bertz CT molecular complexity index is 560. The Labute approximate surface area is 128 Å². The molecule has 2 aromatic rings. The molecule has 0 amide bonds. The number of nitrogens with zero attached hydrogens (tertiary/aromatic N) is 5. The smallest absolute Gasteiger partial charge is 0.243 e. The van der Waals surface area contributed by atoms with Crippen LogP contribution in [0.5, 0.6) is 0 Å². The van der Waals surface area contributed by atoms with Crippen LogP contribution in [0.25, 0.3) is 0 Å². The van der Waals surface area contributed by atoms with Crippen LogP contribution in [-0.2, 0) is 0 Å². The highest BCUT2D eigenvalue weighted by molar-refractivity contribution is 7.13. The summed E-state index contributed by atoms with van der Waals surface area (Å²) < 4.78 is 5.41. The van der Waals surface area contributed by atoms with E-state index in [9.17, 15) is 0 Å². The second kappa shape index (κ2) is 6.11. The first-order valence-electron chi connectivity index (χ1n) is 7.37. The average Bonchev–Trinajstić information content (AvgIpc) is 3.18. The molecule has 0 bridgehead atoms. The second-order valence-corrected chi connectivity index (χ2v) is 6.53. The predicted octanol–water partition coefficient (Wildman–Crippen LogP) is 2.53. The molecule has 1 atom stereocenters. The number of aromatic nitrogens is 3. The van der Waals surface area contributed by atoms with Crippen LogP contribution in [0.2, 0.25) is 0 Å². The van der Waals surface area contributed by atoms with E-state index in [0.29, 0.717) is 5.92 Å². The summed E-state index contributed by atoms with van der Waals surface area (Å²) in [5.41, 5.74) is 0. The lowest BCUT2D eigenvalue weighted by Gasteiger charge is -2.36. The minimum Gasteiger partial charge on any atom is -0.346 e. The van der Waals surface area contributed by atoms with Crippen molar-refractivity contribution in [1.82, 2.24) is 20.0 Å². The van der Waals surface area contributed by atoms with Gasteiger partial charge in [-0.25, -0.2) is 4.98 Å². The first kappa shape index (κ1) is 14.5. The van der Waals surface area contributed by atoms with Crippen LogP contribution in [0, 0.1) is 0 Å². The van der Waals surface area contributed by atoms with Gasteiger partial charge in [-0.1, -0.05) is 19.0 Å². The van der Waals surface area contributed by atoms with Gasteiger partial charge in [-0.3, -0.25) is 4.90 Å². The Balaban J connectivity index is 1.60. The lowest BCUT2D eigenvalue weighted by Crippen LogP contribution is -2.47. The van der Waals surface area contributed by atoms with E-state index in [2.05, 4.69) is 45.7 Å². The predicted molar refractivity (Wildman–Crippen MR) is 82.7 cm³/mol. The van der Waals surface area contributed by atoms with Crippen molar-refractivity contribution in [2.75, 3.05) is 31.1 Å². The van der Waals surface area contributed by atoms with Gasteiger partial charge in [0.15, 0.2) is 11.0 Å². The third-order valence-electron chi connectivity index (χ3n) is 3.88. The number of hydrogen-bond donors (Lipinski definition) is 0. The topological polar surface area (TPSA) is 58.3 Å². The first-order chi connectivity index (χ1) is 10.1. The van der Waals surface area contributed by atoms with Crippen LogP contribution in [-0.4, -0.2) is 46.2 Å². The first-order valence-corrected chi connectivity index (χ1v) is 8.25. The molecule has 1 saturated heterocycles. The molecular formula is C14H21N5OS. The van der Waals surface area contributed by atoms with E-state index < -0.39 is 0 Å². The van der Waals surface area contributed by atoms with E-state index in [0.717, 1.165) is 43.0 Å². The van der Waals surface area contributed by atoms with Crippen molar-refractivity contribution in [2.45, 2.75) is 32.7 Å². The molecule has 1 unspecified atom stereocenters. The molecule has 0 radical (unpaired) electrons. The maximum absolute atomic E-state index is 5.41. The van der Waals surface area contributed by atoms with Crippen molar-refractivity contribution in [3.05, 3.63) is 23.3 Å². The van der Waals surface area contributed by atoms with Crippen LogP contribution in [0.15, 0.2) is 16.1 Å². The largest absolute Gasteiger partial charge is 0.346 e. The molecule has 0 saturated carbocycles. The fourth-order valence-corrected chi connectivity index (χ4v) is 3.18. The van der Waals surface area contributed by atoms with Crippen molar-refractivity contribution >= 4 is 16.5 Å². The summed E-state index contributed by atoms with van der Waals surface area (Å²) in [6.07, 6.45) is 1.86. The monoisotopic (exact) mass is 307 g/mol. The summed E-state index contributed by atoms with van der Waals surface area (Å²) in [6.45, 7) is 10.2. The third kappa shape index (κ3) is 3.08. The molecule has 2 aromatic heterocycles. The van der Waals surface area contributed by atoms with Crippen molar-refractivity contribution < 1.29 is 4.52 Å². The molecule has 1 aliphatic heterocycles. The van der Waals surface area contributed by atoms with E-state index in [-0.39, 0.29) is 6.04 Å². The Morgan fingerprint density at radius 3 is 2.52 bits per heavy atom. The third-order valence-corrected chi connectivity index (χ3v) is 4.72. The molecule has 0 N–H and O–H groups in total. The lowest BCUT2D eigenvalue weighted by molar-refractivity contribution is 0.164. The van der Waals surface area contributed by atoms with Gasteiger partial charge in [0.25, 0.3) is 0 Å². The van der Waals surface area contributed by atoms with Crippen LogP contribution in [0.4, 0.5) is 5.13 Å². The Kier molecular flexibility index (Phi) is 4.21. The average molecular weight is 307 g/mol. The van der Waals surface area contributed by atoms with E-state index in [1.807, 2.05) is 11.6 Å². The van der Waals surface area contributed by atoms with Crippen LogP contribution in [0.3, 0.4) is 0 Å². The van der Waals surface area contributed by atoms with Crippen LogP contribution in [0.1, 0.15) is 44.4 Å². The summed E-state index contributed by atoms with van der Waals surface area (Å²) in [5.74, 6) is 1.82. The molecular weight excluding hydrogens is 286 g/mol. The second-order valence-electron chi connectivity index (χ2n) is 5.66. The van der Waals surface area contributed by atoms with E-state index >= 15 is 0 Å². The zero-order valence-corrected chi connectivity index (χ0v) is 13.5. The van der Waals surface area contributed by atoms with Gasteiger partial charge in [-0.2, -0.15) is 4.98 Å². The molecule has 21 heavy (non-hydrogen) atoms. The number of rotatable bonds is 4. The minimum absolute atomic E-state index is 0.170. The molecule has 7 heteroatoms. The fourth-order valence-electron chi connectivity index (χ4n) is 2.48. The highest BCUT2D eigenvalue weighted by Gasteiger charge is 2.26. The summed E-state index contributed by atoms with van der Waals surface area (Å²) in [6, 6.07) is 0.170. The molecule has 114 valence electrons. The van der Waals surface area contributed by atoms with Gasteiger partial charge >= 0.3 is 0 Å². The maximum Gasteiger partial charge on any atom is 0.243 e. The van der Waals surface area contributed by atoms with Crippen molar-refractivity contribution in [3.8, 4) is 0 Å². The molecule has 3 heterocycles. The molecule has 0 spiro atoms. The molecule has 1 fully saturated rings. The van der Waals surface area contributed by atoms with Gasteiger partial charge < -0.3 is 9.42 Å². The quantitative estimate of drug-likeness (QED) is 0.865. The van der Waals surface area contributed by atoms with E-state index in [1.54, 1.807) is 11.3 Å². The van der Waals surface area contributed by atoms with Gasteiger partial charge in [0.1, 0.15) is 0 Å². The number of anilines is 1. The van der Waals surface area contributed by atoms with Gasteiger partial charge in [0.2, 0.25) is 5.89 Å². The highest BCUT2D eigenvalue weighted by Crippen LogP contribution is 2.24. The molecule has 0 aromatic carbocycles. The van der Waals surface area contributed by atoms with Crippen molar-refractivity contribution in [1.29, 1.82) is 0 Å². The number of piperazine rings is 1. The summed E-state index contributed by atoms with van der Waals surface area (Å²) in [4.78, 5) is 13.6. The fraction of sp³-hybridized carbons (Fsp3) is 0.643. The van der Waals surface area contributed by atoms with Crippen molar-refractivity contribution in [3.63, 3.8) is 0 Å². The zero-order chi connectivity index (χ0) is 14.8. The van der Waals surface area contributed by atoms with Crippen LogP contribution < -0.4 is 4.90 Å². The summed E-state index contributed by atoms with van der Waals surface area (Å²) in [5, 5.41) is 7.19. The van der Waals surface area contributed by atoms with Crippen molar-refractivity contribution in [2.24, 2.45) is 0 Å². The Morgan fingerprint density at radius 2 is 1.95 bits per heavy atom. The SMILES string of the molecule is CC(C)c1noc(C(C)N2CCN(c3nccs3)CC2)n1. The van der Waals surface area contributed by atoms with Gasteiger partial charge in [-0.05, 0) is 6.92 Å². The highest BCUT2D eigenvalue weighted by atomic mass is 32.1. The zero-order valence-electron chi connectivity index (χ0n) is 12.7.